The maximum atomic E-state index is 5.52. The van der Waals surface area contributed by atoms with E-state index in [9.17, 15) is 0 Å². The third kappa shape index (κ3) is 3.49. The molecule has 0 radical (unpaired) electrons. The summed E-state index contributed by atoms with van der Waals surface area (Å²) in [5, 5.41) is 8.61. The van der Waals surface area contributed by atoms with Gasteiger partial charge in [0.15, 0.2) is 5.76 Å². The van der Waals surface area contributed by atoms with Crippen LogP contribution in [0.15, 0.2) is 27.4 Å². The number of hydrogen-bond donors (Lipinski definition) is 0. The molecule has 0 aliphatic heterocycles. The van der Waals surface area contributed by atoms with Gasteiger partial charge in [-0.05, 0) is 42.3 Å². The average Bonchev–Trinajstić information content (AvgIpc) is 3.11. The summed E-state index contributed by atoms with van der Waals surface area (Å²) in [6.07, 6.45) is 6.61. The fourth-order valence-corrected chi connectivity index (χ4v) is 3.67. The van der Waals surface area contributed by atoms with E-state index in [4.69, 9.17) is 4.52 Å². The Kier molecular flexibility index (Phi) is 4.53. The Bertz CT molecular complexity index is 514. The maximum absolute atomic E-state index is 5.52. The van der Waals surface area contributed by atoms with Gasteiger partial charge in [0, 0.05) is 18.5 Å². The monoisotopic (exact) mass is 290 g/mol. The van der Waals surface area contributed by atoms with Gasteiger partial charge in [0.1, 0.15) is 0 Å². The van der Waals surface area contributed by atoms with E-state index in [1.54, 1.807) is 11.3 Å². The summed E-state index contributed by atoms with van der Waals surface area (Å²) in [7, 11) is 2.13. The van der Waals surface area contributed by atoms with E-state index in [-0.39, 0.29) is 0 Å². The molecule has 0 amide bonds. The predicted octanol–water partition coefficient (Wildman–Crippen LogP) is 4.42. The predicted molar refractivity (Wildman–Crippen MR) is 81.8 cm³/mol. The zero-order valence-electron chi connectivity index (χ0n) is 12.0. The minimum Gasteiger partial charge on any atom is -0.360 e. The lowest BCUT2D eigenvalue weighted by molar-refractivity contribution is 0.264. The van der Waals surface area contributed by atoms with Crippen LogP contribution in [0.5, 0.6) is 0 Å². The Labute approximate surface area is 124 Å². The van der Waals surface area contributed by atoms with Gasteiger partial charge >= 0.3 is 0 Å². The van der Waals surface area contributed by atoms with Crippen molar-refractivity contribution >= 4 is 11.3 Å². The summed E-state index contributed by atoms with van der Waals surface area (Å²) in [6, 6.07) is 4.34. The van der Waals surface area contributed by atoms with E-state index in [1.807, 2.05) is 0 Å². The first kappa shape index (κ1) is 13.8. The molecule has 1 aliphatic rings. The number of hydrogen-bond acceptors (Lipinski definition) is 4. The van der Waals surface area contributed by atoms with Crippen molar-refractivity contribution in [2.75, 3.05) is 7.05 Å². The Morgan fingerprint density at radius 1 is 1.30 bits per heavy atom. The van der Waals surface area contributed by atoms with E-state index in [0.29, 0.717) is 5.92 Å². The van der Waals surface area contributed by atoms with Gasteiger partial charge in [-0.3, -0.25) is 4.90 Å². The quantitative estimate of drug-likeness (QED) is 0.816. The SMILES string of the molecule is CN(Cc1ccsc1)Cc1cc(C2CCCCC2)no1. The molecule has 0 aromatic carbocycles. The molecular weight excluding hydrogens is 268 g/mol. The topological polar surface area (TPSA) is 29.3 Å². The highest BCUT2D eigenvalue weighted by Crippen LogP contribution is 2.32. The van der Waals surface area contributed by atoms with Crippen molar-refractivity contribution in [2.45, 2.75) is 51.1 Å². The lowest BCUT2D eigenvalue weighted by Crippen LogP contribution is -2.16. The zero-order valence-corrected chi connectivity index (χ0v) is 12.9. The van der Waals surface area contributed by atoms with Crippen LogP contribution in [-0.4, -0.2) is 17.1 Å². The molecule has 2 aromatic rings. The molecule has 3 nitrogen and oxygen atoms in total. The molecule has 0 spiro atoms. The number of aromatic nitrogens is 1. The van der Waals surface area contributed by atoms with Crippen molar-refractivity contribution in [1.82, 2.24) is 10.1 Å². The van der Waals surface area contributed by atoms with E-state index >= 15 is 0 Å². The van der Waals surface area contributed by atoms with Gasteiger partial charge in [-0.15, -0.1) is 0 Å². The van der Waals surface area contributed by atoms with Gasteiger partial charge in [0.2, 0.25) is 0 Å². The van der Waals surface area contributed by atoms with Crippen molar-refractivity contribution in [3.63, 3.8) is 0 Å². The average molecular weight is 290 g/mol. The Morgan fingerprint density at radius 2 is 2.15 bits per heavy atom. The van der Waals surface area contributed by atoms with Gasteiger partial charge in [-0.2, -0.15) is 11.3 Å². The highest BCUT2D eigenvalue weighted by Gasteiger charge is 2.19. The van der Waals surface area contributed by atoms with E-state index in [2.05, 4.69) is 40.0 Å². The van der Waals surface area contributed by atoms with Crippen LogP contribution in [-0.2, 0) is 13.1 Å². The highest BCUT2D eigenvalue weighted by molar-refractivity contribution is 7.07. The van der Waals surface area contributed by atoms with Crippen molar-refractivity contribution in [3.05, 3.63) is 39.9 Å². The van der Waals surface area contributed by atoms with Crippen LogP contribution in [0.25, 0.3) is 0 Å². The summed E-state index contributed by atoms with van der Waals surface area (Å²) < 4.78 is 5.52. The van der Waals surface area contributed by atoms with Gasteiger partial charge in [-0.1, -0.05) is 24.4 Å². The number of rotatable bonds is 5. The summed E-state index contributed by atoms with van der Waals surface area (Å²) in [6.45, 7) is 1.79. The van der Waals surface area contributed by atoms with Gasteiger partial charge < -0.3 is 4.52 Å². The van der Waals surface area contributed by atoms with E-state index in [0.717, 1.165) is 18.8 Å². The van der Waals surface area contributed by atoms with Crippen LogP contribution >= 0.6 is 11.3 Å². The Balaban J connectivity index is 1.56. The first-order valence-electron chi connectivity index (χ1n) is 7.46. The van der Waals surface area contributed by atoms with Crippen molar-refractivity contribution in [2.24, 2.45) is 0 Å². The second-order valence-corrected chi connectivity index (χ2v) is 6.64. The summed E-state index contributed by atoms with van der Waals surface area (Å²) in [4.78, 5) is 2.27. The first-order valence-corrected chi connectivity index (χ1v) is 8.40. The molecule has 0 bridgehead atoms. The molecule has 20 heavy (non-hydrogen) atoms. The summed E-state index contributed by atoms with van der Waals surface area (Å²) in [5.41, 5.74) is 2.54. The minimum atomic E-state index is 0.628. The second-order valence-electron chi connectivity index (χ2n) is 5.86. The van der Waals surface area contributed by atoms with Crippen LogP contribution in [0, 0.1) is 0 Å². The number of nitrogens with zero attached hydrogens (tertiary/aromatic N) is 2. The minimum absolute atomic E-state index is 0.628. The molecule has 0 saturated heterocycles. The number of thiophene rings is 1. The molecule has 2 aromatic heterocycles. The molecule has 0 unspecified atom stereocenters. The Hall–Kier alpha value is -1.13. The smallest absolute Gasteiger partial charge is 0.150 e. The van der Waals surface area contributed by atoms with Gasteiger partial charge in [0.25, 0.3) is 0 Å². The zero-order chi connectivity index (χ0) is 13.8. The third-order valence-corrected chi connectivity index (χ3v) is 4.79. The molecule has 4 heteroatoms. The lowest BCUT2D eigenvalue weighted by Gasteiger charge is -2.18. The standard InChI is InChI=1S/C16H22N2OS/c1-18(10-13-7-8-20-12-13)11-15-9-16(17-19-15)14-5-3-2-4-6-14/h7-9,12,14H,2-6,10-11H2,1H3. The fraction of sp³-hybridized carbons (Fsp3) is 0.562. The van der Waals surface area contributed by atoms with Crippen LogP contribution in [0.3, 0.4) is 0 Å². The van der Waals surface area contributed by atoms with Gasteiger partial charge in [-0.25, -0.2) is 0 Å². The first-order chi connectivity index (χ1) is 9.81. The van der Waals surface area contributed by atoms with Crippen LogP contribution in [0.2, 0.25) is 0 Å². The summed E-state index contributed by atoms with van der Waals surface area (Å²) in [5.74, 6) is 1.62. The van der Waals surface area contributed by atoms with Crippen LogP contribution < -0.4 is 0 Å². The molecule has 1 aliphatic carbocycles. The molecule has 0 N–H and O–H groups in total. The van der Waals surface area contributed by atoms with Crippen molar-refractivity contribution in [3.8, 4) is 0 Å². The second kappa shape index (κ2) is 6.55. The molecule has 0 atom stereocenters. The van der Waals surface area contributed by atoms with E-state index < -0.39 is 0 Å². The normalized spacial score (nSPS) is 16.9. The fourth-order valence-electron chi connectivity index (χ4n) is 3.01. The van der Waals surface area contributed by atoms with Crippen LogP contribution in [0.1, 0.15) is 55.0 Å². The lowest BCUT2D eigenvalue weighted by atomic mass is 9.87. The van der Waals surface area contributed by atoms with E-state index in [1.165, 1.54) is 43.4 Å². The van der Waals surface area contributed by atoms with Crippen LogP contribution in [0.4, 0.5) is 0 Å². The highest BCUT2D eigenvalue weighted by atomic mass is 32.1. The molecule has 1 saturated carbocycles. The third-order valence-electron chi connectivity index (χ3n) is 4.06. The largest absolute Gasteiger partial charge is 0.360 e. The molecule has 3 rings (SSSR count). The molecule has 1 fully saturated rings. The molecular formula is C16H22N2OS. The van der Waals surface area contributed by atoms with Crippen molar-refractivity contribution in [1.29, 1.82) is 0 Å². The summed E-state index contributed by atoms with van der Waals surface area (Å²) >= 11 is 1.75. The van der Waals surface area contributed by atoms with Gasteiger partial charge in [0.05, 0.1) is 12.2 Å². The molecule has 2 heterocycles. The maximum Gasteiger partial charge on any atom is 0.150 e. The Morgan fingerprint density at radius 3 is 2.90 bits per heavy atom. The molecule has 108 valence electrons. The van der Waals surface area contributed by atoms with Crippen molar-refractivity contribution < 1.29 is 4.52 Å².